The van der Waals surface area contributed by atoms with E-state index in [1.807, 2.05) is 6.92 Å². The Morgan fingerprint density at radius 3 is 2.67 bits per heavy atom. The largest absolute Gasteiger partial charge is 0.300 e. The minimum absolute atomic E-state index is 0.137. The van der Waals surface area contributed by atoms with Gasteiger partial charge >= 0.3 is 0 Å². The highest BCUT2D eigenvalue weighted by atomic mass is 32.1. The first-order valence-corrected chi connectivity index (χ1v) is 6.15. The van der Waals surface area contributed by atoms with Gasteiger partial charge < -0.3 is 5.32 Å². The molecule has 1 aromatic rings. The van der Waals surface area contributed by atoms with E-state index in [2.05, 4.69) is 15.5 Å². The van der Waals surface area contributed by atoms with Crippen LogP contribution in [0.5, 0.6) is 0 Å². The van der Waals surface area contributed by atoms with Crippen LogP contribution >= 0.6 is 11.3 Å². The number of rotatable bonds is 2. The summed E-state index contributed by atoms with van der Waals surface area (Å²) in [5.74, 6) is 2.05. The van der Waals surface area contributed by atoms with Gasteiger partial charge in [-0.2, -0.15) is 0 Å². The lowest BCUT2D eigenvalue weighted by atomic mass is 10.0. The molecule has 5 heteroatoms. The maximum absolute atomic E-state index is 11.8. The summed E-state index contributed by atoms with van der Waals surface area (Å²) in [5.41, 5.74) is 0. The van der Waals surface area contributed by atoms with Gasteiger partial charge in [0.15, 0.2) is 0 Å². The third kappa shape index (κ3) is 1.76. The zero-order valence-corrected chi connectivity index (χ0v) is 9.38. The molecule has 0 saturated heterocycles. The third-order valence-corrected chi connectivity index (χ3v) is 4.12. The molecule has 2 aliphatic carbocycles. The highest BCUT2D eigenvalue weighted by molar-refractivity contribution is 7.15. The molecule has 15 heavy (non-hydrogen) atoms. The van der Waals surface area contributed by atoms with E-state index in [1.54, 1.807) is 0 Å². The van der Waals surface area contributed by atoms with Crippen molar-refractivity contribution >= 4 is 22.4 Å². The molecule has 80 valence electrons. The molecule has 2 atom stereocenters. The second-order valence-electron chi connectivity index (χ2n) is 4.54. The summed E-state index contributed by atoms with van der Waals surface area (Å²) in [6, 6.07) is 0. The van der Waals surface area contributed by atoms with Crippen LogP contribution in [-0.4, -0.2) is 16.1 Å². The van der Waals surface area contributed by atoms with E-state index < -0.39 is 0 Å². The minimum atomic E-state index is 0.137. The summed E-state index contributed by atoms with van der Waals surface area (Å²) in [7, 11) is 0. The summed E-state index contributed by atoms with van der Waals surface area (Å²) in [4.78, 5) is 11.8. The Kier molecular flexibility index (Phi) is 2.02. The fourth-order valence-corrected chi connectivity index (χ4v) is 3.08. The van der Waals surface area contributed by atoms with Crippen molar-refractivity contribution in [3.8, 4) is 0 Å². The number of carbonyl (C=O) groups excluding carboxylic acids is 1. The molecule has 4 nitrogen and oxygen atoms in total. The number of aryl methyl sites for hydroxylation is 1. The van der Waals surface area contributed by atoms with Crippen LogP contribution in [0.2, 0.25) is 0 Å². The SMILES string of the molecule is Cc1nnc(NC(=O)C2CC3CC3C2)s1. The Labute approximate surface area is 92.1 Å². The maximum atomic E-state index is 11.8. The van der Waals surface area contributed by atoms with Gasteiger partial charge in [-0.25, -0.2) is 0 Å². The van der Waals surface area contributed by atoms with Crippen molar-refractivity contribution in [2.24, 2.45) is 17.8 Å². The first-order valence-electron chi connectivity index (χ1n) is 5.33. The Morgan fingerprint density at radius 2 is 2.07 bits per heavy atom. The van der Waals surface area contributed by atoms with E-state index in [4.69, 9.17) is 0 Å². The minimum Gasteiger partial charge on any atom is -0.300 e. The molecule has 2 fully saturated rings. The molecule has 1 amide bonds. The van der Waals surface area contributed by atoms with Crippen LogP contribution in [-0.2, 0) is 4.79 Å². The van der Waals surface area contributed by atoms with E-state index in [1.165, 1.54) is 17.8 Å². The van der Waals surface area contributed by atoms with E-state index >= 15 is 0 Å². The lowest BCUT2D eigenvalue weighted by molar-refractivity contribution is -0.120. The molecule has 0 radical (unpaired) electrons. The number of hydrogen-bond acceptors (Lipinski definition) is 4. The Balaban J connectivity index is 1.61. The van der Waals surface area contributed by atoms with Crippen molar-refractivity contribution in [1.82, 2.24) is 10.2 Å². The lowest BCUT2D eigenvalue weighted by Crippen LogP contribution is -2.21. The molecule has 2 saturated carbocycles. The first kappa shape index (κ1) is 9.27. The van der Waals surface area contributed by atoms with Crippen molar-refractivity contribution in [1.29, 1.82) is 0 Å². The molecule has 0 bridgehead atoms. The molecule has 2 unspecified atom stereocenters. The number of amides is 1. The number of anilines is 1. The number of fused-ring (bicyclic) bond motifs is 1. The van der Waals surface area contributed by atoms with Gasteiger partial charge in [0.1, 0.15) is 5.01 Å². The second-order valence-corrected chi connectivity index (χ2v) is 5.72. The van der Waals surface area contributed by atoms with E-state index in [0.717, 1.165) is 29.7 Å². The normalized spacial score (nSPS) is 32.5. The zero-order chi connectivity index (χ0) is 10.4. The van der Waals surface area contributed by atoms with Gasteiger partial charge in [0.25, 0.3) is 0 Å². The Morgan fingerprint density at radius 1 is 1.33 bits per heavy atom. The number of carbonyl (C=O) groups is 1. The van der Waals surface area contributed by atoms with Crippen molar-refractivity contribution < 1.29 is 4.79 Å². The molecule has 0 spiro atoms. The van der Waals surface area contributed by atoms with Crippen molar-refractivity contribution in [2.75, 3.05) is 5.32 Å². The molecule has 1 N–H and O–H groups in total. The number of nitrogens with zero attached hydrogens (tertiary/aromatic N) is 2. The van der Waals surface area contributed by atoms with E-state index in [9.17, 15) is 4.79 Å². The van der Waals surface area contributed by atoms with Crippen LogP contribution in [0, 0.1) is 24.7 Å². The van der Waals surface area contributed by atoms with Gasteiger partial charge in [-0.1, -0.05) is 11.3 Å². The van der Waals surface area contributed by atoms with Gasteiger partial charge in [-0.3, -0.25) is 4.79 Å². The van der Waals surface area contributed by atoms with Crippen LogP contribution < -0.4 is 5.32 Å². The first-order chi connectivity index (χ1) is 7.22. The lowest BCUT2D eigenvalue weighted by Gasteiger charge is -2.09. The highest BCUT2D eigenvalue weighted by Crippen LogP contribution is 2.54. The van der Waals surface area contributed by atoms with Gasteiger partial charge in [-0.15, -0.1) is 10.2 Å². The van der Waals surface area contributed by atoms with Gasteiger partial charge in [-0.05, 0) is 38.0 Å². The van der Waals surface area contributed by atoms with Crippen LogP contribution in [0.15, 0.2) is 0 Å². The quantitative estimate of drug-likeness (QED) is 0.832. The predicted octanol–water partition coefficient (Wildman–Crippen LogP) is 1.83. The van der Waals surface area contributed by atoms with E-state index in [-0.39, 0.29) is 11.8 Å². The molecule has 1 heterocycles. The topological polar surface area (TPSA) is 54.9 Å². The molecule has 3 rings (SSSR count). The Hall–Kier alpha value is -0.970. The van der Waals surface area contributed by atoms with Gasteiger partial charge in [0, 0.05) is 5.92 Å². The predicted molar refractivity (Wildman–Crippen MR) is 57.6 cm³/mol. The summed E-state index contributed by atoms with van der Waals surface area (Å²) in [5, 5.41) is 12.1. The molecule has 0 aliphatic heterocycles. The van der Waals surface area contributed by atoms with Crippen LogP contribution in [0.25, 0.3) is 0 Å². The fraction of sp³-hybridized carbons (Fsp3) is 0.700. The smallest absolute Gasteiger partial charge is 0.229 e. The van der Waals surface area contributed by atoms with Crippen LogP contribution in [0.1, 0.15) is 24.3 Å². The highest BCUT2D eigenvalue weighted by Gasteiger charge is 2.48. The summed E-state index contributed by atoms with van der Waals surface area (Å²) in [6.07, 6.45) is 3.50. The third-order valence-electron chi connectivity index (χ3n) is 3.37. The monoisotopic (exact) mass is 223 g/mol. The van der Waals surface area contributed by atoms with Gasteiger partial charge in [0.05, 0.1) is 0 Å². The second kappa shape index (κ2) is 3.27. The summed E-state index contributed by atoms with van der Waals surface area (Å²) in [6.45, 7) is 1.89. The van der Waals surface area contributed by atoms with Crippen molar-refractivity contribution in [2.45, 2.75) is 26.2 Å². The van der Waals surface area contributed by atoms with Crippen molar-refractivity contribution in [3.63, 3.8) is 0 Å². The maximum Gasteiger partial charge on any atom is 0.229 e. The van der Waals surface area contributed by atoms with E-state index in [0.29, 0.717) is 5.13 Å². The molecular formula is C10H13N3OS. The van der Waals surface area contributed by atoms with Gasteiger partial charge in [0.2, 0.25) is 11.0 Å². The fourth-order valence-electron chi connectivity index (χ4n) is 2.48. The Bertz CT molecular complexity index is 393. The molecule has 1 aromatic heterocycles. The number of hydrogen-bond donors (Lipinski definition) is 1. The van der Waals surface area contributed by atoms with Crippen LogP contribution in [0.3, 0.4) is 0 Å². The summed E-state index contributed by atoms with van der Waals surface area (Å²) >= 11 is 1.43. The average molecular weight is 223 g/mol. The van der Waals surface area contributed by atoms with Crippen LogP contribution in [0.4, 0.5) is 5.13 Å². The van der Waals surface area contributed by atoms with Crippen molar-refractivity contribution in [3.05, 3.63) is 5.01 Å². The average Bonchev–Trinajstić information content (AvgIpc) is 2.61. The summed E-state index contributed by atoms with van der Waals surface area (Å²) < 4.78 is 0. The molecule has 0 aromatic carbocycles. The molecule has 2 aliphatic rings. The zero-order valence-electron chi connectivity index (χ0n) is 8.56. The standard InChI is InChI=1S/C10H13N3OS/c1-5-12-13-10(15-5)11-9(14)8-3-6-2-7(6)4-8/h6-8H,2-4H2,1H3,(H,11,13,14). The molecular weight excluding hydrogens is 210 g/mol. The number of aromatic nitrogens is 2. The number of nitrogens with one attached hydrogen (secondary N) is 1.